The molecule has 6 rings (SSSR count). The number of hydrogen-bond donors (Lipinski definition) is 2. The van der Waals surface area contributed by atoms with Crippen molar-refractivity contribution in [1.29, 1.82) is 0 Å². The zero-order valence-corrected chi connectivity index (χ0v) is 17.4. The Morgan fingerprint density at radius 3 is 2.71 bits per heavy atom. The van der Waals surface area contributed by atoms with Gasteiger partial charge in [0.25, 0.3) is 0 Å². The molecular weight excluding hydrogens is 390 g/mol. The fourth-order valence-corrected chi connectivity index (χ4v) is 5.12. The van der Waals surface area contributed by atoms with E-state index in [0.717, 1.165) is 40.7 Å². The average molecular weight is 416 g/mol. The van der Waals surface area contributed by atoms with Crippen molar-refractivity contribution in [3.8, 4) is 16.9 Å². The third-order valence-electron chi connectivity index (χ3n) is 6.72. The van der Waals surface area contributed by atoms with Crippen LogP contribution < -0.4 is 10.2 Å². The molecule has 2 bridgehead atoms. The molecule has 0 amide bonds. The summed E-state index contributed by atoms with van der Waals surface area (Å²) in [7, 11) is 2.09. The molecule has 2 fully saturated rings. The number of H-pyrrole nitrogens is 1. The maximum atomic E-state index is 4.67. The summed E-state index contributed by atoms with van der Waals surface area (Å²) in [5.41, 5.74) is 3.53. The van der Waals surface area contributed by atoms with Gasteiger partial charge in [0.15, 0.2) is 0 Å². The monoisotopic (exact) mass is 415 g/mol. The minimum Gasteiger partial charge on any atom is -0.339 e. The highest BCUT2D eigenvalue weighted by molar-refractivity contribution is 5.97. The van der Waals surface area contributed by atoms with Crippen LogP contribution in [0.5, 0.6) is 0 Å². The van der Waals surface area contributed by atoms with Gasteiger partial charge >= 0.3 is 0 Å². The second-order valence-electron chi connectivity index (χ2n) is 8.61. The number of aromatic nitrogens is 7. The molecule has 2 saturated heterocycles. The van der Waals surface area contributed by atoms with E-state index in [1.54, 1.807) is 6.20 Å². The van der Waals surface area contributed by atoms with Gasteiger partial charge in [-0.1, -0.05) is 6.42 Å². The van der Waals surface area contributed by atoms with Crippen molar-refractivity contribution in [3.63, 3.8) is 0 Å². The Morgan fingerprint density at radius 1 is 1.10 bits per heavy atom. The Hall–Kier alpha value is -3.33. The second kappa shape index (κ2) is 7.42. The predicted molar refractivity (Wildman–Crippen MR) is 118 cm³/mol. The highest BCUT2D eigenvalue weighted by Gasteiger charge is 2.33. The van der Waals surface area contributed by atoms with Gasteiger partial charge in [0, 0.05) is 48.5 Å². The molecule has 3 aromatic heterocycles. The lowest BCUT2D eigenvalue weighted by Gasteiger charge is -2.43. The van der Waals surface area contributed by atoms with Gasteiger partial charge < -0.3 is 10.2 Å². The number of nitrogens with zero attached hydrogens (tertiary/aromatic N) is 7. The number of rotatable bonds is 4. The van der Waals surface area contributed by atoms with Crippen molar-refractivity contribution in [2.45, 2.75) is 50.2 Å². The Bertz CT molecular complexity index is 1170. The lowest BCUT2D eigenvalue weighted by molar-refractivity contribution is 0.218. The lowest BCUT2D eigenvalue weighted by Crippen LogP contribution is -2.54. The van der Waals surface area contributed by atoms with Crippen molar-refractivity contribution in [3.05, 3.63) is 43.0 Å². The summed E-state index contributed by atoms with van der Waals surface area (Å²) >= 11 is 0. The molecular formula is C22H25N9. The van der Waals surface area contributed by atoms with E-state index in [4.69, 9.17) is 0 Å². The second-order valence-corrected chi connectivity index (χ2v) is 8.61. The molecule has 2 N–H and O–H groups in total. The first-order chi connectivity index (χ1) is 15.3. The van der Waals surface area contributed by atoms with E-state index in [1.165, 1.54) is 19.3 Å². The first kappa shape index (κ1) is 18.4. The summed E-state index contributed by atoms with van der Waals surface area (Å²) in [6.45, 7) is 0. The number of piperidine rings is 2. The first-order valence-electron chi connectivity index (χ1n) is 10.9. The van der Waals surface area contributed by atoms with Gasteiger partial charge in [-0.15, -0.1) is 10.2 Å². The molecule has 0 radical (unpaired) electrons. The highest BCUT2D eigenvalue weighted by atomic mass is 15.3. The van der Waals surface area contributed by atoms with Crippen molar-refractivity contribution < 1.29 is 0 Å². The summed E-state index contributed by atoms with van der Waals surface area (Å²) in [5, 5.41) is 25.4. The third-order valence-corrected chi connectivity index (χ3v) is 6.72. The molecule has 2 unspecified atom stereocenters. The number of nitrogens with one attached hydrogen (secondary N) is 2. The predicted octanol–water partition coefficient (Wildman–Crippen LogP) is 2.71. The van der Waals surface area contributed by atoms with E-state index in [9.17, 15) is 0 Å². The molecule has 0 spiro atoms. The largest absolute Gasteiger partial charge is 0.339 e. The van der Waals surface area contributed by atoms with E-state index < -0.39 is 0 Å². The summed E-state index contributed by atoms with van der Waals surface area (Å²) in [4.78, 5) is 6.88. The van der Waals surface area contributed by atoms with Gasteiger partial charge in [-0.3, -0.25) is 5.10 Å². The summed E-state index contributed by atoms with van der Waals surface area (Å²) in [5.74, 6) is 0.685. The van der Waals surface area contributed by atoms with Gasteiger partial charge in [-0.25, -0.2) is 9.67 Å². The van der Waals surface area contributed by atoms with E-state index in [2.05, 4.69) is 47.7 Å². The summed E-state index contributed by atoms with van der Waals surface area (Å²) in [6, 6.07) is 7.63. The van der Waals surface area contributed by atoms with Gasteiger partial charge in [-0.05, 0) is 43.9 Å². The maximum absolute atomic E-state index is 4.67. The molecule has 1 aromatic carbocycles. The van der Waals surface area contributed by atoms with E-state index >= 15 is 0 Å². The van der Waals surface area contributed by atoms with Crippen LogP contribution in [0.2, 0.25) is 0 Å². The Kier molecular flexibility index (Phi) is 4.41. The van der Waals surface area contributed by atoms with Gasteiger partial charge in [0.2, 0.25) is 5.95 Å². The highest BCUT2D eigenvalue weighted by Crippen LogP contribution is 2.31. The van der Waals surface area contributed by atoms with E-state index in [1.807, 2.05) is 41.5 Å². The first-order valence-corrected chi connectivity index (χ1v) is 10.9. The third kappa shape index (κ3) is 3.25. The smallest absolute Gasteiger partial charge is 0.245 e. The Balaban J connectivity index is 1.28. The van der Waals surface area contributed by atoms with Gasteiger partial charge in [-0.2, -0.15) is 10.2 Å². The molecule has 31 heavy (non-hydrogen) atoms. The molecule has 0 aliphatic carbocycles. The topological polar surface area (TPSA) is 100 Å². The number of hydrogen-bond acceptors (Lipinski definition) is 7. The van der Waals surface area contributed by atoms with Crippen LogP contribution >= 0.6 is 0 Å². The normalized spacial score (nSPS) is 23.2. The molecule has 0 saturated carbocycles. The van der Waals surface area contributed by atoms with Gasteiger partial charge in [0.05, 0.1) is 23.6 Å². The van der Waals surface area contributed by atoms with E-state index in [-0.39, 0.29) is 0 Å². The fraction of sp³-hybridized carbons (Fsp3) is 0.409. The quantitative estimate of drug-likeness (QED) is 0.528. The molecule has 9 heteroatoms. The van der Waals surface area contributed by atoms with Crippen LogP contribution in [-0.2, 0) is 0 Å². The fourth-order valence-electron chi connectivity index (χ4n) is 5.12. The molecule has 2 aliphatic rings. The zero-order valence-electron chi connectivity index (χ0n) is 17.4. The molecule has 158 valence electrons. The number of anilines is 1. The van der Waals surface area contributed by atoms with Crippen molar-refractivity contribution in [2.24, 2.45) is 0 Å². The Morgan fingerprint density at radius 2 is 1.97 bits per heavy atom. The van der Waals surface area contributed by atoms with Crippen LogP contribution in [0.1, 0.15) is 32.1 Å². The van der Waals surface area contributed by atoms with Crippen molar-refractivity contribution in [1.82, 2.24) is 40.5 Å². The minimum absolute atomic E-state index is 0.457. The SMILES string of the molecule is CN(c1ncc(-c2ccc(-n3cccn3)c3[nH]ncc23)nn1)C1CC2CCCC(C1)N2. The van der Waals surface area contributed by atoms with Crippen LogP contribution in [-0.4, -0.2) is 60.3 Å². The Labute approximate surface area is 179 Å². The molecule has 9 nitrogen and oxygen atoms in total. The van der Waals surface area contributed by atoms with Gasteiger partial charge in [0.1, 0.15) is 5.69 Å². The van der Waals surface area contributed by atoms with Crippen LogP contribution in [0.15, 0.2) is 43.0 Å². The summed E-state index contributed by atoms with van der Waals surface area (Å²) < 4.78 is 1.82. The number of benzene rings is 1. The number of aromatic amines is 1. The van der Waals surface area contributed by atoms with Crippen molar-refractivity contribution in [2.75, 3.05) is 11.9 Å². The standard InChI is InChI=1S/C22H25N9/c1-30(16-10-14-4-2-5-15(11-16)26-14)22-23-13-19(27-29-22)17-6-7-20(31-9-3-8-25-31)21-18(17)12-24-28-21/h3,6-9,12-16,26H,2,4-5,10-11H2,1H3,(H,24,28). The maximum Gasteiger partial charge on any atom is 0.245 e. The van der Waals surface area contributed by atoms with Crippen molar-refractivity contribution >= 4 is 16.9 Å². The molecule has 4 aromatic rings. The number of fused-ring (bicyclic) bond motifs is 3. The summed E-state index contributed by atoms with van der Waals surface area (Å²) in [6.07, 6.45) is 13.5. The zero-order chi connectivity index (χ0) is 20.8. The van der Waals surface area contributed by atoms with Crippen LogP contribution in [0.3, 0.4) is 0 Å². The van der Waals surface area contributed by atoms with Crippen LogP contribution in [0, 0.1) is 0 Å². The minimum atomic E-state index is 0.457. The van der Waals surface area contributed by atoms with Crippen LogP contribution in [0.25, 0.3) is 27.8 Å². The molecule has 2 aliphatic heterocycles. The average Bonchev–Trinajstić information content (AvgIpc) is 3.50. The van der Waals surface area contributed by atoms with Crippen LogP contribution in [0.4, 0.5) is 5.95 Å². The molecule has 5 heterocycles. The van der Waals surface area contributed by atoms with E-state index in [0.29, 0.717) is 24.1 Å². The lowest BCUT2D eigenvalue weighted by atomic mass is 9.83. The molecule has 2 atom stereocenters.